The molecule has 2 rings (SSSR count). The summed E-state index contributed by atoms with van der Waals surface area (Å²) in [7, 11) is 0. The molecule has 1 aromatic carbocycles. The van der Waals surface area contributed by atoms with Crippen LogP contribution in [0.3, 0.4) is 0 Å². The predicted molar refractivity (Wildman–Crippen MR) is 75.5 cm³/mol. The van der Waals surface area contributed by atoms with Crippen molar-refractivity contribution >= 4 is 17.3 Å². The third-order valence-electron chi connectivity index (χ3n) is 3.01. The van der Waals surface area contributed by atoms with E-state index in [1.165, 1.54) is 18.2 Å². The maximum absolute atomic E-state index is 11.1. The van der Waals surface area contributed by atoms with Crippen molar-refractivity contribution < 1.29 is 19.2 Å². The molecule has 1 atom stereocenters. The van der Waals surface area contributed by atoms with Gasteiger partial charge in [0.05, 0.1) is 11.0 Å². The third kappa shape index (κ3) is 3.02. The molecule has 0 aliphatic rings. The van der Waals surface area contributed by atoms with Crippen LogP contribution >= 0.6 is 0 Å². The highest BCUT2D eigenvalue weighted by atomic mass is 16.6. The molecule has 0 fully saturated rings. The first kappa shape index (κ1) is 14.6. The maximum Gasteiger partial charge on any atom is 0.342 e. The second-order valence-corrected chi connectivity index (χ2v) is 4.58. The average molecular weight is 290 g/mol. The molecule has 2 aromatic rings. The number of carboxylic acids is 1. The van der Waals surface area contributed by atoms with E-state index in [9.17, 15) is 14.9 Å². The molecule has 0 aliphatic carbocycles. The lowest BCUT2D eigenvalue weighted by Crippen LogP contribution is -2.10. The van der Waals surface area contributed by atoms with E-state index in [0.29, 0.717) is 5.76 Å². The summed E-state index contributed by atoms with van der Waals surface area (Å²) in [5, 5.41) is 23.1. The van der Waals surface area contributed by atoms with Crippen LogP contribution in [0.5, 0.6) is 0 Å². The van der Waals surface area contributed by atoms with Gasteiger partial charge in [0.2, 0.25) is 0 Å². The van der Waals surface area contributed by atoms with Gasteiger partial charge in [-0.25, -0.2) is 4.79 Å². The van der Waals surface area contributed by atoms with Crippen LogP contribution in [0, 0.1) is 17.0 Å². The Bertz CT molecular complexity index is 692. The molecule has 1 unspecified atom stereocenters. The number of carboxylic acid groups (broad SMARTS) is 1. The minimum atomic E-state index is -1.34. The monoisotopic (exact) mass is 290 g/mol. The van der Waals surface area contributed by atoms with Crippen molar-refractivity contribution in [2.75, 3.05) is 5.32 Å². The van der Waals surface area contributed by atoms with Gasteiger partial charge in [-0.15, -0.1) is 0 Å². The largest absolute Gasteiger partial charge is 0.477 e. The molecule has 0 spiro atoms. The van der Waals surface area contributed by atoms with Crippen LogP contribution in [0.15, 0.2) is 34.7 Å². The third-order valence-corrected chi connectivity index (χ3v) is 3.01. The van der Waals surface area contributed by atoms with Gasteiger partial charge in [-0.2, -0.15) is 0 Å². The predicted octanol–water partition coefficient (Wildman–Crippen LogP) is 3.37. The minimum Gasteiger partial charge on any atom is -0.477 e. The first-order chi connectivity index (χ1) is 9.90. The van der Waals surface area contributed by atoms with Crippen LogP contribution in [0.2, 0.25) is 0 Å². The van der Waals surface area contributed by atoms with E-state index >= 15 is 0 Å². The SMILES string of the molecule is Cc1ccc(C(C)Nc2cccc(C(=O)O)c2[N+](=O)[O-])o1. The first-order valence-corrected chi connectivity index (χ1v) is 6.23. The van der Waals surface area contributed by atoms with Crippen molar-refractivity contribution in [1.82, 2.24) is 0 Å². The average Bonchev–Trinajstić information content (AvgIpc) is 2.84. The molecule has 1 aromatic heterocycles. The molecule has 1 heterocycles. The Morgan fingerprint density at radius 3 is 2.62 bits per heavy atom. The van der Waals surface area contributed by atoms with E-state index in [1.54, 1.807) is 26.0 Å². The highest BCUT2D eigenvalue weighted by Crippen LogP contribution is 2.31. The number of nitrogens with one attached hydrogen (secondary N) is 1. The van der Waals surface area contributed by atoms with Crippen molar-refractivity contribution in [2.45, 2.75) is 19.9 Å². The van der Waals surface area contributed by atoms with E-state index in [1.807, 2.05) is 0 Å². The number of aromatic carboxylic acids is 1. The van der Waals surface area contributed by atoms with Crippen molar-refractivity contribution in [2.24, 2.45) is 0 Å². The summed E-state index contributed by atoms with van der Waals surface area (Å²) >= 11 is 0. The molecule has 7 heteroatoms. The number of anilines is 1. The van der Waals surface area contributed by atoms with Crippen molar-refractivity contribution in [1.29, 1.82) is 0 Å². The van der Waals surface area contributed by atoms with Crippen molar-refractivity contribution in [3.8, 4) is 0 Å². The second kappa shape index (κ2) is 5.66. The maximum atomic E-state index is 11.1. The lowest BCUT2D eigenvalue weighted by Gasteiger charge is -2.13. The molecule has 0 amide bonds. The van der Waals surface area contributed by atoms with E-state index in [4.69, 9.17) is 9.52 Å². The quantitative estimate of drug-likeness (QED) is 0.646. The standard InChI is InChI=1S/C14H14N2O5/c1-8-6-7-12(21-8)9(2)15-11-5-3-4-10(14(17)18)13(11)16(19)20/h3-7,9,15H,1-2H3,(H,17,18). The summed E-state index contributed by atoms with van der Waals surface area (Å²) in [6, 6.07) is 7.35. The number of para-hydroxylation sites is 1. The lowest BCUT2D eigenvalue weighted by molar-refractivity contribution is -0.384. The Hall–Kier alpha value is -2.83. The fourth-order valence-electron chi connectivity index (χ4n) is 2.02. The first-order valence-electron chi connectivity index (χ1n) is 6.23. The summed E-state index contributed by atoms with van der Waals surface area (Å²) in [4.78, 5) is 21.5. The van der Waals surface area contributed by atoms with Crippen LogP contribution in [0.4, 0.5) is 11.4 Å². The smallest absolute Gasteiger partial charge is 0.342 e. The molecular formula is C14H14N2O5. The number of carbonyl (C=O) groups is 1. The minimum absolute atomic E-state index is 0.140. The number of nitrogens with zero attached hydrogens (tertiary/aromatic N) is 1. The highest BCUT2D eigenvalue weighted by molar-refractivity contribution is 5.95. The zero-order valence-electron chi connectivity index (χ0n) is 11.5. The number of rotatable bonds is 5. The molecule has 21 heavy (non-hydrogen) atoms. The number of benzene rings is 1. The number of hydrogen-bond donors (Lipinski definition) is 2. The summed E-state index contributed by atoms with van der Waals surface area (Å²) in [5.41, 5.74) is -0.672. The normalized spacial score (nSPS) is 11.9. The zero-order chi connectivity index (χ0) is 15.6. The number of hydrogen-bond acceptors (Lipinski definition) is 5. The van der Waals surface area contributed by atoms with Gasteiger partial charge in [-0.05, 0) is 38.1 Å². The van der Waals surface area contributed by atoms with Crippen LogP contribution in [-0.2, 0) is 0 Å². The van der Waals surface area contributed by atoms with Crippen molar-refractivity contribution in [3.05, 3.63) is 57.5 Å². The van der Waals surface area contributed by atoms with E-state index in [2.05, 4.69) is 5.32 Å². The summed E-state index contributed by atoms with van der Waals surface area (Å²) < 4.78 is 5.45. The van der Waals surface area contributed by atoms with Gasteiger partial charge < -0.3 is 14.8 Å². The topological polar surface area (TPSA) is 106 Å². The fraction of sp³-hybridized carbons (Fsp3) is 0.214. The van der Waals surface area contributed by atoms with Gasteiger partial charge in [0.25, 0.3) is 0 Å². The van der Waals surface area contributed by atoms with Gasteiger partial charge >= 0.3 is 11.7 Å². The number of nitro groups is 1. The van der Waals surface area contributed by atoms with E-state index < -0.39 is 16.6 Å². The number of furan rings is 1. The van der Waals surface area contributed by atoms with Crippen LogP contribution < -0.4 is 5.32 Å². The van der Waals surface area contributed by atoms with E-state index in [-0.39, 0.29) is 17.3 Å². The van der Waals surface area contributed by atoms with E-state index in [0.717, 1.165) is 5.76 Å². The Balaban J connectivity index is 2.37. The zero-order valence-corrected chi connectivity index (χ0v) is 11.5. The van der Waals surface area contributed by atoms with Crippen LogP contribution in [0.1, 0.15) is 34.8 Å². The molecule has 0 saturated heterocycles. The molecular weight excluding hydrogens is 276 g/mol. The Labute approximate surface area is 120 Å². The highest BCUT2D eigenvalue weighted by Gasteiger charge is 2.25. The molecule has 110 valence electrons. The molecule has 0 aliphatic heterocycles. The van der Waals surface area contributed by atoms with Crippen LogP contribution in [-0.4, -0.2) is 16.0 Å². The fourth-order valence-corrected chi connectivity index (χ4v) is 2.02. The number of aryl methyl sites for hydroxylation is 1. The summed E-state index contributed by atoms with van der Waals surface area (Å²) in [6.07, 6.45) is 0. The molecule has 2 N–H and O–H groups in total. The Kier molecular flexibility index (Phi) is 3.93. The lowest BCUT2D eigenvalue weighted by atomic mass is 10.1. The van der Waals surface area contributed by atoms with Gasteiger partial charge in [0, 0.05) is 0 Å². The summed E-state index contributed by atoms with van der Waals surface area (Å²) in [6.45, 7) is 3.57. The summed E-state index contributed by atoms with van der Waals surface area (Å²) in [5.74, 6) is 0.00167. The van der Waals surface area contributed by atoms with Gasteiger partial charge in [0.1, 0.15) is 22.8 Å². The second-order valence-electron chi connectivity index (χ2n) is 4.58. The van der Waals surface area contributed by atoms with Gasteiger partial charge in [0.15, 0.2) is 0 Å². The molecule has 0 bridgehead atoms. The number of nitro benzene ring substituents is 1. The van der Waals surface area contributed by atoms with Gasteiger partial charge in [-0.1, -0.05) is 6.07 Å². The Morgan fingerprint density at radius 2 is 2.10 bits per heavy atom. The Morgan fingerprint density at radius 1 is 1.38 bits per heavy atom. The van der Waals surface area contributed by atoms with Gasteiger partial charge in [-0.3, -0.25) is 10.1 Å². The van der Waals surface area contributed by atoms with Crippen molar-refractivity contribution in [3.63, 3.8) is 0 Å². The molecule has 7 nitrogen and oxygen atoms in total. The molecule has 0 radical (unpaired) electrons. The van der Waals surface area contributed by atoms with Crippen LogP contribution in [0.25, 0.3) is 0 Å². The molecule has 0 saturated carbocycles.